The first kappa shape index (κ1) is 21.6. The summed E-state index contributed by atoms with van der Waals surface area (Å²) in [7, 11) is 0. The Hall–Kier alpha value is -2.66. The predicted molar refractivity (Wildman–Crippen MR) is 109 cm³/mol. The monoisotopic (exact) mass is 440 g/mol. The number of hydrogen-bond acceptors (Lipinski definition) is 6. The highest BCUT2D eigenvalue weighted by atomic mass is 35.5. The van der Waals surface area contributed by atoms with Crippen LogP contribution in [-0.4, -0.2) is 11.7 Å². The summed E-state index contributed by atoms with van der Waals surface area (Å²) in [4.78, 5) is 0. The quantitative estimate of drug-likeness (QED) is 0.639. The molecule has 0 spiro atoms. The summed E-state index contributed by atoms with van der Waals surface area (Å²) in [5, 5.41) is 39.4. The van der Waals surface area contributed by atoms with Crippen LogP contribution in [0.2, 0.25) is 5.02 Å². The summed E-state index contributed by atoms with van der Waals surface area (Å²) in [6, 6.07) is 10.1. The predicted octanol–water partition coefficient (Wildman–Crippen LogP) is 5.26. The van der Waals surface area contributed by atoms with Crippen LogP contribution in [0.3, 0.4) is 0 Å². The van der Waals surface area contributed by atoms with Gasteiger partial charge in [-0.15, -0.1) is 0 Å². The molecule has 1 aromatic carbocycles. The van der Waals surface area contributed by atoms with Gasteiger partial charge in [0.2, 0.25) is 17.1 Å². The van der Waals surface area contributed by atoms with Crippen LogP contribution in [0.25, 0.3) is 0 Å². The zero-order valence-corrected chi connectivity index (χ0v) is 18.3. The molecule has 0 radical (unpaired) electrons. The minimum absolute atomic E-state index is 0.0714. The lowest BCUT2D eigenvalue weighted by Gasteiger charge is -2.54. The molecule has 5 atom stereocenters. The fraction of sp³-hybridized carbons (Fsp3) is 0.565. The van der Waals surface area contributed by atoms with Crippen LogP contribution in [0.1, 0.15) is 51.7 Å². The van der Waals surface area contributed by atoms with Gasteiger partial charge in [-0.2, -0.15) is 15.8 Å². The highest BCUT2D eigenvalue weighted by Crippen LogP contribution is 2.70. The van der Waals surface area contributed by atoms with Gasteiger partial charge in [0.25, 0.3) is 0 Å². The molecule has 160 valence electrons. The fourth-order valence-corrected chi connectivity index (χ4v) is 5.72. The molecule has 8 heteroatoms. The average molecular weight is 441 g/mol. The van der Waals surface area contributed by atoms with Gasteiger partial charge >= 0.3 is 0 Å². The topological polar surface area (TPSA) is 114 Å². The largest absolute Gasteiger partial charge is 0.447 e. The van der Waals surface area contributed by atoms with E-state index in [0.717, 1.165) is 12.5 Å². The fourth-order valence-electron chi connectivity index (χ4n) is 5.60. The smallest absolute Gasteiger partial charge is 0.217 e. The Morgan fingerprint density at radius 3 is 2.42 bits per heavy atom. The third-order valence-corrected chi connectivity index (χ3v) is 7.69. The maximum absolute atomic E-state index is 14.3. The molecule has 0 aromatic heterocycles. The highest BCUT2D eigenvalue weighted by Gasteiger charge is 2.81. The second kappa shape index (κ2) is 6.67. The molecule has 2 aliphatic heterocycles. The molecule has 5 unspecified atom stereocenters. The molecule has 3 fully saturated rings. The van der Waals surface area contributed by atoms with Crippen LogP contribution in [-0.2, 0) is 9.47 Å². The molecule has 2 bridgehead atoms. The van der Waals surface area contributed by atoms with E-state index in [4.69, 9.17) is 26.5 Å². The molecule has 0 amide bonds. The van der Waals surface area contributed by atoms with Crippen molar-refractivity contribution in [3.63, 3.8) is 0 Å². The van der Waals surface area contributed by atoms with Gasteiger partial charge < -0.3 is 9.47 Å². The number of halogens is 2. The Morgan fingerprint density at radius 2 is 1.87 bits per heavy atom. The molecule has 3 aliphatic rings. The first-order valence-electron chi connectivity index (χ1n) is 10.2. The Labute approximate surface area is 185 Å². The minimum Gasteiger partial charge on any atom is -0.447 e. The van der Waals surface area contributed by atoms with Crippen LogP contribution >= 0.6 is 11.6 Å². The van der Waals surface area contributed by atoms with Crippen molar-refractivity contribution in [2.75, 3.05) is 0 Å². The molecule has 31 heavy (non-hydrogen) atoms. The summed E-state index contributed by atoms with van der Waals surface area (Å²) < 4.78 is 26.5. The molecular weight excluding hydrogens is 419 g/mol. The number of rotatable bonds is 1. The van der Waals surface area contributed by atoms with E-state index in [0.29, 0.717) is 12.8 Å². The van der Waals surface area contributed by atoms with E-state index in [1.165, 1.54) is 12.1 Å². The zero-order chi connectivity index (χ0) is 22.8. The lowest BCUT2D eigenvalue weighted by atomic mass is 9.49. The molecular formula is C23H22ClFN4O2. The standard InChI is InChI=1S/C23H22ClFN4O2/c1-20(2,3)14-6-7-23-17(9-14)22(12-28,19(29)31-23)21(10-26,11-27)18(30-23)13-4-5-15(24)16(25)8-13/h4-5,8,14,17-18,29H,6-7,9H2,1-3H3. The van der Waals surface area contributed by atoms with Crippen LogP contribution in [0.4, 0.5) is 4.39 Å². The van der Waals surface area contributed by atoms with Gasteiger partial charge in [0, 0.05) is 6.42 Å². The molecule has 1 aromatic rings. The molecule has 6 nitrogen and oxygen atoms in total. The van der Waals surface area contributed by atoms with Gasteiger partial charge in [0.05, 0.1) is 29.1 Å². The number of ether oxygens (including phenoxy) is 2. The van der Waals surface area contributed by atoms with E-state index in [-0.39, 0.29) is 21.9 Å². The van der Waals surface area contributed by atoms with E-state index in [1.807, 2.05) is 12.1 Å². The van der Waals surface area contributed by atoms with Crippen molar-refractivity contribution in [1.29, 1.82) is 21.2 Å². The Balaban J connectivity index is 1.95. The number of benzene rings is 1. The Bertz CT molecular complexity index is 1080. The van der Waals surface area contributed by atoms with E-state index in [9.17, 15) is 20.2 Å². The van der Waals surface area contributed by atoms with E-state index in [2.05, 4.69) is 26.8 Å². The Kier molecular flexibility index (Phi) is 4.64. The van der Waals surface area contributed by atoms with Crippen molar-refractivity contribution in [3.05, 3.63) is 34.6 Å². The first-order chi connectivity index (χ1) is 14.5. The minimum atomic E-state index is -2.09. The number of hydrogen-bond donors (Lipinski definition) is 1. The van der Waals surface area contributed by atoms with Crippen LogP contribution < -0.4 is 0 Å². The summed E-state index contributed by atoms with van der Waals surface area (Å²) in [5.74, 6) is -2.93. The van der Waals surface area contributed by atoms with Gasteiger partial charge in [-0.25, -0.2) is 4.39 Å². The van der Waals surface area contributed by atoms with Crippen molar-refractivity contribution in [2.45, 2.75) is 51.9 Å². The third-order valence-electron chi connectivity index (χ3n) is 7.38. The van der Waals surface area contributed by atoms with Gasteiger partial charge in [-0.1, -0.05) is 38.4 Å². The van der Waals surface area contributed by atoms with Crippen LogP contribution in [0.15, 0.2) is 18.2 Å². The van der Waals surface area contributed by atoms with Crippen LogP contribution in [0.5, 0.6) is 0 Å². The molecule has 4 rings (SSSR count). The van der Waals surface area contributed by atoms with E-state index < -0.39 is 40.4 Å². The molecule has 1 saturated carbocycles. The maximum atomic E-state index is 14.3. The third kappa shape index (κ3) is 2.59. The average Bonchev–Trinajstić information content (AvgIpc) is 2.93. The summed E-state index contributed by atoms with van der Waals surface area (Å²) in [6.07, 6.45) is 0.346. The van der Waals surface area contributed by atoms with Gasteiger partial charge in [-0.05, 0) is 41.9 Å². The number of nitriles is 3. The van der Waals surface area contributed by atoms with Gasteiger partial charge in [0.1, 0.15) is 11.9 Å². The summed E-state index contributed by atoms with van der Waals surface area (Å²) in [6.45, 7) is 6.31. The zero-order valence-electron chi connectivity index (χ0n) is 17.5. The SMILES string of the molecule is CC(C)(C)C1CCC23OC(=N)C(C#N)(C2C1)C(C#N)(C#N)C(c1ccc(Cl)c(F)c1)O3. The van der Waals surface area contributed by atoms with Crippen molar-refractivity contribution >= 4 is 17.5 Å². The first-order valence-corrected chi connectivity index (χ1v) is 10.5. The normalized spacial score (nSPS) is 35.8. The van der Waals surface area contributed by atoms with Crippen molar-refractivity contribution in [1.82, 2.24) is 0 Å². The van der Waals surface area contributed by atoms with Gasteiger partial charge in [0.15, 0.2) is 5.41 Å². The summed E-state index contributed by atoms with van der Waals surface area (Å²) in [5.41, 5.74) is -3.79. The summed E-state index contributed by atoms with van der Waals surface area (Å²) >= 11 is 5.82. The number of nitrogens with zero attached hydrogens (tertiary/aromatic N) is 3. The molecule has 2 heterocycles. The van der Waals surface area contributed by atoms with E-state index in [1.54, 1.807) is 0 Å². The van der Waals surface area contributed by atoms with E-state index >= 15 is 0 Å². The molecule has 2 saturated heterocycles. The van der Waals surface area contributed by atoms with Gasteiger partial charge in [-0.3, -0.25) is 5.41 Å². The maximum Gasteiger partial charge on any atom is 0.217 e. The lowest BCUT2D eigenvalue weighted by Crippen LogP contribution is -2.61. The number of nitrogens with one attached hydrogen (secondary N) is 1. The molecule has 1 N–H and O–H groups in total. The van der Waals surface area contributed by atoms with Crippen LogP contribution in [0, 0.1) is 73.3 Å². The highest BCUT2D eigenvalue weighted by molar-refractivity contribution is 6.30. The van der Waals surface area contributed by atoms with Crippen molar-refractivity contribution < 1.29 is 13.9 Å². The lowest BCUT2D eigenvalue weighted by molar-refractivity contribution is -0.301. The second-order valence-corrected chi connectivity index (χ2v) is 10.2. The Morgan fingerprint density at radius 1 is 1.19 bits per heavy atom. The molecule has 1 aliphatic carbocycles. The van der Waals surface area contributed by atoms with Crippen molar-refractivity contribution in [3.8, 4) is 18.2 Å². The second-order valence-electron chi connectivity index (χ2n) is 9.76. The van der Waals surface area contributed by atoms with Crippen molar-refractivity contribution in [2.24, 2.45) is 28.1 Å².